The van der Waals surface area contributed by atoms with E-state index < -0.39 is 7.12 Å². The van der Waals surface area contributed by atoms with Crippen molar-refractivity contribution < 1.29 is 10.0 Å². The second-order valence-corrected chi connectivity index (χ2v) is 4.47. The van der Waals surface area contributed by atoms with E-state index in [1.165, 1.54) is 0 Å². The van der Waals surface area contributed by atoms with Crippen molar-refractivity contribution in [2.75, 3.05) is 13.1 Å². The van der Waals surface area contributed by atoms with Crippen LogP contribution in [-0.2, 0) is 0 Å². The van der Waals surface area contributed by atoms with Crippen LogP contribution in [0.25, 0.3) is 0 Å². The average Bonchev–Trinajstić information content (AvgIpc) is 2.59. The first-order valence-corrected chi connectivity index (χ1v) is 5.71. The molecular weight excluding hydrogens is 193 g/mol. The summed E-state index contributed by atoms with van der Waals surface area (Å²) in [6.45, 7) is 1.83. The van der Waals surface area contributed by atoms with Crippen molar-refractivity contribution in [2.45, 2.75) is 38.0 Å². The largest absolute Gasteiger partial charge is 0.451 e. The quantitative estimate of drug-likeness (QED) is 0.263. The van der Waals surface area contributed by atoms with Crippen molar-refractivity contribution in [3.8, 4) is 0 Å². The zero-order valence-electron chi connectivity index (χ0n) is 9.18. The molecule has 0 aliphatic carbocycles. The van der Waals surface area contributed by atoms with Gasteiger partial charge in [-0.2, -0.15) is 0 Å². The smallest absolute Gasteiger partial charge is 0.427 e. The van der Waals surface area contributed by atoms with Crippen molar-refractivity contribution in [1.29, 1.82) is 0 Å². The van der Waals surface area contributed by atoms with E-state index in [-0.39, 0.29) is 6.04 Å². The molecule has 0 aromatic carbocycles. The molecule has 1 saturated heterocycles. The van der Waals surface area contributed by atoms with Crippen molar-refractivity contribution in [3.05, 3.63) is 0 Å². The number of rotatable bonds is 6. The first kappa shape index (κ1) is 12.9. The molecule has 0 amide bonds. The molecular formula is C9H22BN3O2. The normalized spacial score (nSPS) is 24.4. The maximum absolute atomic E-state index is 8.66. The molecule has 15 heavy (non-hydrogen) atoms. The van der Waals surface area contributed by atoms with E-state index in [1.54, 1.807) is 0 Å². The molecule has 2 atom stereocenters. The molecule has 0 aromatic heterocycles. The third-order valence-corrected chi connectivity index (χ3v) is 3.11. The number of nitrogens with zero attached hydrogens (tertiary/aromatic N) is 1. The van der Waals surface area contributed by atoms with Crippen molar-refractivity contribution in [2.24, 2.45) is 17.5 Å². The van der Waals surface area contributed by atoms with Gasteiger partial charge in [0.15, 0.2) is 0 Å². The lowest BCUT2D eigenvalue weighted by Crippen LogP contribution is -2.34. The van der Waals surface area contributed by atoms with Gasteiger partial charge in [0.1, 0.15) is 0 Å². The SMILES string of the molecule is NC(CCCCB(O)O)[C@H]1CCN(N)C1. The van der Waals surface area contributed by atoms with Crippen LogP contribution in [-0.4, -0.2) is 41.3 Å². The van der Waals surface area contributed by atoms with Gasteiger partial charge in [-0.05, 0) is 25.1 Å². The Morgan fingerprint density at radius 3 is 2.67 bits per heavy atom. The minimum absolute atomic E-state index is 0.203. The van der Waals surface area contributed by atoms with Crippen LogP contribution < -0.4 is 11.6 Å². The molecule has 6 heteroatoms. The van der Waals surface area contributed by atoms with Gasteiger partial charge < -0.3 is 15.8 Å². The van der Waals surface area contributed by atoms with Crippen molar-refractivity contribution >= 4 is 7.12 Å². The van der Waals surface area contributed by atoms with Crippen LogP contribution in [0.3, 0.4) is 0 Å². The van der Waals surface area contributed by atoms with E-state index in [1.807, 2.05) is 5.01 Å². The van der Waals surface area contributed by atoms with Gasteiger partial charge in [0.2, 0.25) is 0 Å². The maximum Gasteiger partial charge on any atom is 0.451 e. The Hall–Kier alpha value is -0.135. The molecule has 1 heterocycles. The number of unbranched alkanes of at least 4 members (excludes halogenated alkanes) is 1. The Labute approximate surface area is 91.5 Å². The predicted octanol–water partition coefficient (Wildman–Crippen LogP) is -0.848. The highest BCUT2D eigenvalue weighted by atomic mass is 16.4. The molecule has 1 fully saturated rings. The Kier molecular flexibility index (Phi) is 5.56. The van der Waals surface area contributed by atoms with Crippen LogP contribution in [0.4, 0.5) is 0 Å². The van der Waals surface area contributed by atoms with Gasteiger partial charge in [0.05, 0.1) is 0 Å². The van der Waals surface area contributed by atoms with Crippen LogP contribution in [0.15, 0.2) is 0 Å². The van der Waals surface area contributed by atoms with E-state index in [0.717, 1.165) is 38.8 Å². The highest BCUT2D eigenvalue weighted by molar-refractivity contribution is 6.40. The summed E-state index contributed by atoms with van der Waals surface area (Å²) in [6, 6.07) is 0.203. The summed E-state index contributed by atoms with van der Waals surface area (Å²) in [5, 5.41) is 19.2. The van der Waals surface area contributed by atoms with Crippen LogP contribution in [0, 0.1) is 5.92 Å². The van der Waals surface area contributed by atoms with Gasteiger partial charge in [-0.1, -0.05) is 12.8 Å². The van der Waals surface area contributed by atoms with E-state index >= 15 is 0 Å². The lowest BCUT2D eigenvalue weighted by Gasteiger charge is -2.18. The third-order valence-electron chi connectivity index (χ3n) is 3.11. The van der Waals surface area contributed by atoms with Gasteiger partial charge in [-0.25, -0.2) is 5.01 Å². The fraction of sp³-hybridized carbons (Fsp3) is 1.00. The van der Waals surface area contributed by atoms with Gasteiger partial charge in [0.25, 0.3) is 0 Å². The lowest BCUT2D eigenvalue weighted by atomic mass is 9.82. The summed E-state index contributed by atoms with van der Waals surface area (Å²) < 4.78 is 0. The van der Waals surface area contributed by atoms with E-state index in [2.05, 4.69) is 0 Å². The highest BCUT2D eigenvalue weighted by Gasteiger charge is 2.25. The first-order valence-electron chi connectivity index (χ1n) is 5.71. The highest BCUT2D eigenvalue weighted by Crippen LogP contribution is 2.19. The monoisotopic (exact) mass is 215 g/mol. The van der Waals surface area contributed by atoms with Crippen LogP contribution >= 0.6 is 0 Å². The zero-order chi connectivity index (χ0) is 11.3. The van der Waals surface area contributed by atoms with Crippen LogP contribution in [0.1, 0.15) is 25.7 Å². The van der Waals surface area contributed by atoms with Gasteiger partial charge in [-0.15, -0.1) is 0 Å². The predicted molar refractivity (Wildman–Crippen MR) is 60.7 cm³/mol. The van der Waals surface area contributed by atoms with Crippen LogP contribution in [0.5, 0.6) is 0 Å². The molecule has 0 radical (unpaired) electrons. The molecule has 1 unspecified atom stereocenters. The molecule has 6 N–H and O–H groups in total. The third kappa shape index (κ3) is 4.95. The molecule has 1 aliphatic rings. The fourth-order valence-electron chi connectivity index (χ4n) is 2.11. The second-order valence-electron chi connectivity index (χ2n) is 4.47. The lowest BCUT2D eigenvalue weighted by molar-refractivity contribution is 0.317. The van der Waals surface area contributed by atoms with Crippen LogP contribution in [0.2, 0.25) is 6.32 Å². The van der Waals surface area contributed by atoms with E-state index in [0.29, 0.717) is 12.2 Å². The minimum Gasteiger partial charge on any atom is -0.427 e. The molecule has 1 aliphatic heterocycles. The summed E-state index contributed by atoms with van der Waals surface area (Å²) in [6.07, 6.45) is 4.26. The van der Waals surface area contributed by atoms with Crippen molar-refractivity contribution in [3.63, 3.8) is 0 Å². The summed E-state index contributed by atoms with van der Waals surface area (Å²) in [5.41, 5.74) is 6.05. The number of hydrazine groups is 1. The molecule has 88 valence electrons. The summed E-state index contributed by atoms with van der Waals surface area (Å²) in [7, 11) is -1.17. The zero-order valence-corrected chi connectivity index (χ0v) is 9.18. The Morgan fingerprint density at radius 1 is 1.40 bits per heavy atom. The number of hydrogen-bond donors (Lipinski definition) is 4. The van der Waals surface area contributed by atoms with Gasteiger partial charge in [0, 0.05) is 19.1 Å². The van der Waals surface area contributed by atoms with Crippen molar-refractivity contribution in [1.82, 2.24) is 5.01 Å². The Balaban J connectivity index is 2.05. The second kappa shape index (κ2) is 6.45. The first-order chi connectivity index (χ1) is 7.09. The number of nitrogens with two attached hydrogens (primary N) is 2. The summed E-state index contributed by atoms with van der Waals surface area (Å²) in [5.74, 6) is 6.18. The maximum atomic E-state index is 8.66. The van der Waals surface area contributed by atoms with Gasteiger partial charge in [-0.3, -0.25) is 5.84 Å². The Morgan fingerprint density at radius 2 is 2.13 bits per heavy atom. The summed E-state index contributed by atoms with van der Waals surface area (Å²) in [4.78, 5) is 0. The number of hydrogen-bond acceptors (Lipinski definition) is 5. The molecule has 0 aromatic rings. The molecule has 0 spiro atoms. The summed E-state index contributed by atoms with van der Waals surface area (Å²) >= 11 is 0. The molecule has 0 saturated carbocycles. The topological polar surface area (TPSA) is 95.7 Å². The average molecular weight is 215 g/mol. The minimum atomic E-state index is -1.17. The molecule has 0 bridgehead atoms. The molecule has 1 rings (SSSR count). The Bertz CT molecular complexity index is 183. The van der Waals surface area contributed by atoms with E-state index in [9.17, 15) is 0 Å². The molecule has 5 nitrogen and oxygen atoms in total. The standard InChI is InChI=1S/C9H22BN3O2/c11-9(3-1-2-5-10(14)15)8-4-6-13(12)7-8/h8-9,14-15H,1-7,11-12H2/t8-,9?/m0/s1. The van der Waals surface area contributed by atoms with E-state index in [4.69, 9.17) is 21.6 Å². The fourth-order valence-corrected chi connectivity index (χ4v) is 2.11. The van der Waals surface area contributed by atoms with Gasteiger partial charge >= 0.3 is 7.12 Å².